The van der Waals surface area contributed by atoms with E-state index in [0.717, 1.165) is 11.1 Å². The predicted molar refractivity (Wildman–Crippen MR) is 79.0 cm³/mol. The zero-order valence-electron chi connectivity index (χ0n) is 11.4. The Morgan fingerprint density at radius 2 is 1.60 bits per heavy atom. The monoisotopic (exact) mass is 271 g/mol. The van der Waals surface area contributed by atoms with Crippen LogP contribution < -0.4 is 5.73 Å². The molecule has 3 N–H and O–H groups in total. The van der Waals surface area contributed by atoms with Gasteiger partial charge in [-0.3, -0.25) is 10.3 Å². The number of hydrogen-bond donors (Lipinski definition) is 2. The predicted octanol–water partition coefficient (Wildman–Crippen LogP) is 2.74. The molecule has 0 radical (unpaired) electrons. The van der Waals surface area contributed by atoms with E-state index in [2.05, 4.69) is 0 Å². The maximum atomic E-state index is 13.6. The van der Waals surface area contributed by atoms with Gasteiger partial charge in [-0.15, -0.1) is 0 Å². The second-order valence-electron chi connectivity index (χ2n) is 4.83. The zero-order chi connectivity index (χ0) is 14.5. The van der Waals surface area contributed by atoms with Crippen molar-refractivity contribution < 1.29 is 4.39 Å². The first-order valence-electron chi connectivity index (χ1n) is 6.42. The molecule has 0 amide bonds. The summed E-state index contributed by atoms with van der Waals surface area (Å²) in [5, 5.41) is 7.58. The largest absolute Gasteiger partial charge is 0.384 e. The minimum Gasteiger partial charge on any atom is -0.384 e. The zero-order valence-corrected chi connectivity index (χ0v) is 11.4. The van der Waals surface area contributed by atoms with Gasteiger partial charge < -0.3 is 5.73 Å². The summed E-state index contributed by atoms with van der Waals surface area (Å²) < 4.78 is 13.6. The second kappa shape index (κ2) is 6.30. The molecule has 0 aliphatic carbocycles. The maximum Gasteiger partial charge on any atom is 0.127 e. The standard InChI is InChI=1S/C16H18FN3/c1-20(11-13-7-3-5-9-15(13)17)10-12-6-2-4-8-14(12)16(18)19/h2-9H,10-11H2,1H3,(H3,18,19). The summed E-state index contributed by atoms with van der Waals surface area (Å²) in [6.45, 7) is 1.13. The molecule has 0 saturated heterocycles. The minimum atomic E-state index is -0.195. The molecule has 0 fully saturated rings. The van der Waals surface area contributed by atoms with E-state index in [0.29, 0.717) is 18.7 Å². The Balaban J connectivity index is 2.11. The van der Waals surface area contributed by atoms with E-state index >= 15 is 0 Å². The van der Waals surface area contributed by atoms with E-state index in [4.69, 9.17) is 11.1 Å². The van der Waals surface area contributed by atoms with Crippen LogP contribution in [0.2, 0.25) is 0 Å². The molecule has 0 aromatic heterocycles. The Morgan fingerprint density at radius 1 is 1.05 bits per heavy atom. The number of benzene rings is 2. The van der Waals surface area contributed by atoms with Crippen LogP contribution in [0.3, 0.4) is 0 Å². The van der Waals surface area contributed by atoms with Gasteiger partial charge in [-0.1, -0.05) is 42.5 Å². The average molecular weight is 271 g/mol. The van der Waals surface area contributed by atoms with Gasteiger partial charge in [-0.2, -0.15) is 0 Å². The van der Waals surface area contributed by atoms with Crippen molar-refractivity contribution in [2.24, 2.45) is 5.73 Å². The fourth-order valence-electron chi connectivity index (χ4n) is 2.19. The Hall–Kier alpha value is -2.20. The van der Waals surface area contributed by atoms with Crippen molar-refractivity contribution in [3.05, 3.63) is 71.0 Å². The fraction of sp³-hybridized carbons (Fsp3) is 0.188. The summed E-state index contributed by atoms with van der Waals surface area (Å²) in [7, 11) is 1.92. The smallest absolute Gasteiger partial charge is 0.127 e. The molecule has 4 heteroatoms. The molecule has 0 saturated carbocycles. The van der Waals surface area contributed by atoms with Crippen molar-refractivity contribution in [2.75, 3.05) is 7.05 Å². The van der Waals surface area contributed by atoms with E-state index < -0.39 is 0 Å². The lowest BCUT2D eigenvalue weighted by Crippen LogP contribution is -2.21. The van der Waals surface area contributed by atoms with Gasteiger partial charge >= 0.3 is 0 Å². The van der Waals surface area contributed by atoms with Gasteiger partial charge in [-0.25, -0.2) is 4.39 Å². The van der Waals surface area contributed by atoms with Crippen LogP contribution in [-0.4, -0.2) is 17.8 Å². The summed E-state index contributed by atoms with van der Waals surface area (Å²) in [5.41, 5.74) is 7.93. The van der Waals surface area contributed by atoms with Crippen LogP contribution in [0.25, 0.3) is 0 Å². The minimum absolute atomic E-state index is 0.0555. The van der Waals surface area contributed by atoms with Gasteiger partial charge in [-0.05, 0) is 18.7 Å². The van der Waals surface area contributed by atoms with Crippen molar-refractivity contribution in [3.8, 4) is 0 Å². The number of amidine groups is 1. The molecule has 0 aliphatic heterocycles. The first kappa shape index (κ1) is 14.2. The summed E-state index contributed by atoms with van der Waals surface area (Å²) in [6.07, 6.45) is 0. The third kappa shape index (κ3) is 3.42. The summed E-state index contributed by atoms with van der Waals surface area (Å²) in [5.74, 6) is -0.140. The summed E-state index contributed by atoms with van der Waals surface area (Å²) in [4.78, 5) is 2.00. The van der Waals surface area contributed by atoms with Gasteiger partial charge in [0.05, 0.1) is 0 Å². The molecule has 0 spiro atoms. The van der Waals surface area contributed by atoms with Gasteiger partial charge in [0, 0.05) is 24.2 Å². The first-order chi connectivity index (χ1) is 9.58. The quantitative estimate of drug-likeness (QED) is 0.649. The number of halogens is 1. The lowest BCUT2D eigenvalue weighted by atomic mass is 10.1. The Morgan fingerprint density at radius 3 is 2.25 bits per heavy atom. The molecule has 0 unspecified atom stereocenters. The highest BCUT2D eigenvalue weighted by Crippen LogP contribution is 2.14. The molecule has 2 aromatic rings. The molecule has 104 valence electrons. The lowest BCUT2D eigenvalue weighted by molar-refractivity contribution is 0.313. The van der Waals surface area contributed by atoms with E-state index in [1.165, 1.54) is 6.07 Å². The number of nitrogen functional groups attached to an aromatic ring is 1. The molecule has 20 heavy (non-hydrogen) atoms. The number of rotatable bonds is 5. The first-order valence-corrected chi connectivity index (χ1v) is 6.42. The average Bonchev–Trinajstić information content (AvgIpc) is 2.41. The number of nitrogens with one attached hydrogen (secondary N) is 1. The highest BCUT2D eigenvalue weighted by Gasteiger charge is 2.09. The molecule has 3 nitrogen and oxygen atoms in total. The lowest BCUT2D eigenvalue weighted by Gasteiger charge is -2.19. The van der Waals surface area contributed by atoms with Gasteiger partial charge in [0.2, 0.25) is 0 Å². The summed E-state index contributed by atoms with van der Waals surface area (Å²) >= 11 is 0. The van der Waals surface area contributed by atoms with Crippen LogP contribution in [0, 0.1) is 11.2 Å². The van der Waals surface area contributed by atoms with Gasteiger partial charge in [0.15, 0.2) is 0 Å². The normalized spacial score (nSPS) is 10.8. The third-order valence-electron chi connectivity index (χ3n) is 3.15. The molecule has 2 rings (SSSR count). The Bertz CT molecular complexity index is 610. The van der Waals surface area contributed by atoms with Crippen LogP contribution in [0.4, 0.5) is 4.39 Å². The second-order valence-corrected chi connectivity index (χ2v) is 4.83. The SMILES string of the molecule is CN(Cc1ccccc1F)Cc1ccccc1C(=N)N. The summed E-state index contributed by atoms with van der Waals surface area (Å²) in [6, 6.07) is 14.3. The number of hydrogen-bond acceptors (Lipinski definition) is 2. The number of nitrogens with zero attached hydrogens (tertiary/aromatic N) is 1. The van der Waals surface area contributed by atoms with Crippen molar-refractivity contribution in [3.63, 3.8) is 0 Å². The fourth-order valence-corrected chi connectivity index (χ4v) is 2.19. The molecule has 2 aromatic carbocycles. The highest BCUT2D eigenvalue weighted by atomic mass is 19.1. The van der Waals surface area contributed by atoms with Crippen molar-refractivity contribution in [1.82, 2.24) is 4.90 Å². The maximum absolute atomic E-state index is 13.6. The van der Waals surface area contributed by atoms with Gasteiger partial charge in [0.1, 0.15) is 11.7 Å². The molecular weight excluding hydrogens is 253 g/mol. The van der Waals surface area contributed by atoms with Crippen LogP contribution in [0.15, 0.2) is 48.5 Å². The van der Waals surface area contributed by atoms with E-state index in [1.807, 2.05) is 42.3 Å². The topological polar surface area (TPSA) is 53.1 Å². The molecule has 0 aliphatic rings. The molecule has 0 atom stereocenters. The van der Waals surface area contributed by atoms with Crippen LogP contribution in [0.5, 0.6) is 0 Å². The number of nitrogens with two attached hydrogens (primary N) is 1. The molecular formula is C16H18FN3. The van der Waals surface area contributed by atoms with Crippen LogP contribution >= 0.6 is 0 Å². The van der Waals surface area contributed by atoms with Gasteiger partial charge in [0.25, 0.3) is 0 Å². The van der Waals surface area contributed by atoms with Crippen LogP contribution in [0.1, 0.15) is 16.7 Å². The molecule has 0 heterocycles. The third-order valence-corrected chi connectivity index (χ3v) is 3.15. The van der Waals surface area contributed by atoms with E-state index in [-0.39, 0.29) is 11.7 Å². The van der Waals surface area contributed by atoms with Crippen LogP contribution in [-0.2, 0) is 13.1 Å². The highest BCUT2D eigenvalue weighted by molar-refractivity contribution is 5.96. The Kier molecular flexibility index (Phi) is 4.48. The Labute approximate surface area is 118 Å². The van der Waals surface area contributed by atoms with Crippen molar-refractivity contribution >= 4 is 5.84 Å². The van der Waals surface area contributed by atoms with Crippen molar-refractivity contribution in [2.45, 2.75) is 13.1 Å². The van der Waals surface area contributed by atoms with Crippen molar-refractivity contribution in [1.29, 1.82) is 5.41 Å². The van der Waals surface area contributed by atoms with E-state index in [9.17, 15) is 4.39 Å². The molecule has 0 bridgehead atoms. The van der Waals surface area contributed by atoms with E-state index in [1.54, 1.807) is 12.1 Å².